The fourth-order valence-electron chi connectivity index (χ4n) is 2.85. The third kappa shape index (κ3) is 3.15. The van der Waals surface area contributed by atoms with Gasteiger partial charge >= 0.3 is 5.97 Å². The zero-order chi connectivity index (χ0) is 14.5. The van der Waals surface area contributed by atoms with E-state index >= 15 is 0 Å². The van der Waals surface area contributed by atoms with Crippen LogP contribution in [0.2, 0.25) is 0 Å². The molecule has 0 spiro atoms. The number of rotatable bonds is 5. The molecule has 1 aromatic carbocycles. The van der Waals surface area contributed by atoms with Gasteiger partial charge in [-0.2, -0.15) is 0 Å². The number of carbonyl (C=O) groups is 1. The van der Waals surface area contributed by atoms with E-state index in [0.29, 0.717) is 19.4 Å². The van der Waals surface area contributed by atoms with Crippen molar-refractivity contribution < 1.29 is 18.3 Å². The lowest BCUT2D eigenvalue weighted by atomic mass is 10.0. The molecule has 0 radical (unpaired) electrons. The van der Waals surface area contributed by atoms with Gasteiger partial charge in [0.2, 0.25) is 0 Å². The highest BCUT2D eigenvalue weighted by Gasteiger charge is 2.38. The Morgan fingerprint density at radius 3 is 2.65 bits per heavy atom. The standard InChI is InChI=1S/C15H19F2NO2/c1-20-15(19)14-8-7-13(18(14)10-2-9-16)11-3-5-12(17)6-4-11/h3-6,13-14H,2,7-10H2,1H3. The Labute approximate surface area is 117 Å². The van der Waals surface area contributed by atoms with Gasteiger partial charge in [-0.3, -0.25) is 14.1 Å². The van der Waals surface area contributed by atoms with Gasteiger partial charge in [-0.15, -0.1) is 0 Å². The number of methoxy groups -OCH3 is 1. The lowest BCUT2D eigenvalue weighted by molar-refractivity contribution is -0.146. The summed E-state index contributed by atoms with van der Waals surface area (Å²) in [5.41, 5.74) is 0.955. The van der Waals surface area contributed by atoms with Crippen molar-refractivity contribution in [2.24, 2.45) is 0 Å². The molecule has 1 aliphatic heterocycles. The number of esters is 1. The van der Waals surface area contributed by atoms with Crippen molar-refractivity contribution in [2.75, 3.05) is 20.3 Å². The topological polar surface area (TPSA) is 29.5 Å². The minimum atomic E-state index is -0.416. The molecule has 2 unspecified atom stereocenters. The van der Waals surface area contributed by atoms with Crippen LogP contribution in [0.4, 0.5) is 8.78 Å². The van der Waals surface area contributed by atoms with Crippen LogP contribution in [-0.4, -0.2) is 37.2 Å². The van der Waals surface area contributed by atoms with Crippen molar-refractivity contribution in [3.63, 3.8) is 0 Å². The van der Waals surface area contributed by atoms with Crippen LogP contribution < -0.4 is 0 Å². The number of nitrogens with zero attached hydrogens (tertiary/aromatic N) is 1. The molecule has 1 fully saturated rings. The molecule has 1 heterocycles. The van der Waals surface area contributed by atoms with E-state index in [2.05, 4.69) is 0 Å². The number of carbonyl (C=O) groups excluding carboxylic acids is 1. The number of ether oxygens (including phenoxy) is 1. The molecule has 2 atom stereocenters. The molecule has 110 valence electrons. The molecule has 3 nitrogen and oxygen atoms in total. The molecule has 1 saturated heterocycles. The largest absolute Gasteiger partial charge is 0.468 e. The summed E-state index contributed by atoms with van der Waals surface area (Å²) in [5.74, 6) is -0.569. The molecule has 1 aromatic rings. The molecule has 2 rings (SSSR count). The number of likely N-dealkylation sites (tertiary alicyclic amines) is 1. The molecule has 5 heteroatoms. The first-order valence-corrected chi connectivity index (χ1v) is 6.82. The van der Waals surface area contributed by atoms with Gasteiger partial charge in [0.05, 0.1) is 13.8 Å². The van der Waals surface area contributed by atoms with Crippen molar-refractivity contribution in [1.29, 1.82) is 0 Å². The highest BCUT2D eigenvalue weighted by atomic mass is 19.1. The van der Waals surface area contributed by atoms with Crippen LogP contribution in [-0.2, 0) is 9.53 Å². The lowest BCUT2D eigenvalue weighted by Crippen LogP contribution is -2.39. The smallest absolute Gasteiger partial charge is 0.323 e. The summed E-state index contributed by atoms with van der Waals surface area (Å²) in [6.45, 7) is 0.0822. The van der Waals surface area contributed by atoms with Gasteiger partial charge in [0.1, 0.15) is 11.9 Å². The van der Waals surface area contributed by atoms with Crippen molar-refractivity contribution in [3.8, 4) is 0 Å². The fraction of sp³-hybridized carbons (Fsp3) is 0.533. The van der Waals surface area contributed by atoms with Crippen molar-refractivity contribution in [2.45, 2.75) is 31.3 Å². The summed E-state index contributed by atoms with van der Waals surface area (Å²) in [6, 6.07) is 5.96. The summed E-state index contributed by atoms with van der Waals surface area (Å²) in [5, 5.41) is 0. The molecule has 0 aromatic heterocycles. The quantitative estimate of drug-likeness (QED) is 0.778. The fourth-order valence-corrected chi connectivity index (χ4v) is 2.85. The summed E-state index contributed by atoms with van der Waals surface area (Å²) in [6.07, 6.45) is 1.85. The molecule has 0 amide bonds. The van der Waals surface area contributed by atoms with E-state index in [-0.39, 0.29) is 23.9 Å². The van der Waals surface area contributed by atoms with Gasteiger partial charge < -0.3 is 4.74 Å². The Hall–Kier alpha value is -1.49. The van der Waals surface area contributed by atoms with E-state index in [4.69, 9.17) is 4.74 Å². The monoisotopic (exact) mass is 283 g/mol. The highest BCUT2D eigenvalue weighted by Crippen LogP contribution is 2.36. The van der Waals surface area contributed by atoms with Gasteiger partial charge in [-0.05, 0) is 37.0 Å². The van der Waals surface area contributed by atoms with Gasteiger partial charge in [0, 0.05) is 12.6 Å². The van der Waals surface area contributed by atoms with Crippen molar-refractivity contribution >= 4 is 5.97 Å². The molecule has 0 N–H and O–H groups in total. The summed E-state index contributed by atoms with van der Waals surface area (Å²) in [4.78, 5) is 13.8. The predicted molar refractivity (Wildman–Crippen MR) is 71.5 cm³/mol. The Kier molecular flexibility index (Phi) is 5.06. The average Bonchev–Trinajstić information content (AvgIpc) is 2.88. The first-order valence-electron chi connectivity index (χ1n) is 6.82. The second-order valence-electron chi connectivity index (χ2n) is 4.96. The number of halogens is 2. The number of alkyl halides is 1. The normalized spacial score (nSPS) is 22.9. The summed E-state index contributed by atoms with van der Waals surface area (Å²) >= 11 is 0. The van der Waals surface area contributed by atoms with Crippen LogP contribution in [0.5, 0.6) is 0 Å². The zero-order valence-electron chi connectivity index (χ0n) is 11.5. The zero-order valence-corrected chi connectivity index (χ0v) is 11.5. The summed E-state index contributed by atoms with van der Waals surface area (Å²) in [7, 11) is 1.36. The maximum atomic E-state index is 13.0. The maximum Gasteiger partial charge on any atom is 0.323 e. The molecule has 0 bridgehead atoms. The van der Waals surface area contributed by atoms with Gasteiger partial charge in [-0.25, -0.2) is 4.39 Å². The van der Waals surface area contributed by atoms with Crippen LogP contribution in [0.15, 0.2) is 24.3 Å². The molecule has 20 heavy (non-hydrogen) atoms. The molecular weight excluding hydrogens is 264 g/mol. The number of hydrogen-bond donors (Lipinski definition) is 0. The Balaban J connectivity index is 2.18. The van der Waals surface area contributed by atoms with Crippen LogP contribution >= 0.6 is 0 Å². The van der Waals surface area contributed by atoms with Crippen LogP contribution in [0, 0.1) is 5.82 Å². The number of benzene rings is 1. The highest BCUT2D eigenvalue weighted by molar-refractivity contribution is 5.76. The second kappa shape index (κ2) is 6.79. The van der Waals surface area contributed by atoms with E-state index in [1.807, 2.05) is 4.90 Å². The first kappa shape index (κ1) is 14.9. The Morgan fingerprint density at radius 1 is 1.35 bits per heavy atom. The van der Waals surface area contributed by atoms with E-state index in [1.54, 1.807) is 12.1 Å². The number of hydrogen-bond acceptors (Lipinski definition) is 3. The second-order valence-corrected chi connectivity index (χ2v) is 4.96. The molecule has 1 aliphatic rings. The molecule has 0 aliphatic carbocycles. The van der Waals surface area contributed by atoms with E-state index in [0.717, 1.165) is 12.0 Å². The Bertz CT molecular complexity index is 450. The predicted octanol–water partition coefficient (Wildman–Crippen LogP) is 2.86. The van der Waals surface area contributed by atoms with E-state index in [1.165, 1.54) is 19.2 Å². The summed E-state index contributed by atoms with van der Waals surface area (Å²) < 4.78 is 30.3. The first-order chi connectivity index (χ1) is 9.67. The van der Waals surface area contributed by atoms with Gasteiger partial charge in [0.25, 0.3) is 0 Å². The van der Waals surface area contributed by atoms with Crippen LogP contribution in [0.25, 0.3) is 0 Å². The van der Waals surface area contributed by atoms with Crippen LogP contribution in [0.3, 0.4) is 0 Å². The van der Waals surface area contributed by atoms with E-state index < -0.39 is 6.67 Å². The minimum Gasteiger partial charge on any atom is -0.468 e. The Morgan fingerprint density at radius 2 is 2.05 bits per heavy atom. The minimum absolute atomic E-state index is 0.0197. The SMILES string of the molecule is COC(=O)C1CCC(c2ccc(F)cc2)N1CCCF. The third-order valence-electron chi connectivity index (χ3n) is 3.79. The van der Waals surface area contributed by atoms with E-state index in [9.17, 15) is 13.6 Å². The van der Waals surface area contributed by atoms with Gasteiger partial charge in [0.15, 0.2) is 0 Å². The average molecular weight is 283 g/mol. The van der Waals surface area contributed by atoms with Gasteiger partial charge in [-0.1, -0.05) is 12.1 Å². The van der Waals surface area contributed by atoms with Crippen molar-refractivity contribution in [1.82, 2.24) is 4.90 Å². The van der Waals surface area contributed by atoms with Crippen LogP contribution in [0.1, 0.15) is 30.9 Å². The van der Waals surface area contributed by atoms with Crippen molar-refractivity contribution in [3.05, 3.63) is 35.6 Å². The molecular formula is C15H19F2NO2. The molecule has 0 saturated carbocycles. The third-order valence-corrected chi connectivity index (χ3v) is 3.79. The maximum absolute atomic E-state index is 13.0. The lowest BCUT2D eigenvalue weighted by Gasteiger charge is -2.28.